The van der Waals surface area contributed by atoms with Gasteiger partial charge in [0.05, 0.1) is 50.2 Å². The van der Waals surface area contributed by atoms with Crippen molar-refractivity contribution in [3.05, 3.63) is 417 Å². The van der Waals surface area contributed by atoms with Crippen molar-refractivity contribution < 1.29 is 0 Å². The number of fused-ring (bicyclic) bond motifs is 19. The second-order valence-corrected chi connectivity index (χ2v) is 34.7. The lowest BCUT2D eigenvalue weighted by Gasteiger charge is -2.26. The molecule has 6 nitrogen and oxygen atoms in total. The van der Waals surface area contributed by atoms with E-state index in [1.807, 2.05) is 18.3 Å². The normalized spacial score (nSPS) is 13.3. The molecule has 0 radical (unpaired) electrons. The van der Waals surface area contributed by atoms with Crippen molar-refractivity contribution in [1.82, 2.24) is 29.5 Å². The number of benzene rings is 19. The fourth-order valence-electron chi connectivity index (χ4n) is 21.4. The summed E-state index contributed by atoms with van der Waals surface area (Å²) in [5.74, 6) is 0.905. The molecule has 0 spiro atoms. The fourth-order valence-corrected chi connectivity index (χ4v) is 21.4. The van der Waals surface area contributed by atoms with Crippen molar-refractivity contribution in [3.63, 3.8) is 0 Å². The van der Waals surface area contributed by atoms with E-state index in [0.29, 0.717) is 0 Å². The summed E-state index contributed by atoms with van der Waals surface area (Å²) in [4.78, 5) is 27.1. The first-order chi connectivity index (χ1) is 62.2. The van der Waals surface area contributed by atoms with E-state index in [2.05, 4.69) is 401 Å². The summed E-state index contributed by atoms with van der Waals surface area (Å²) in [6.45, 7) is 4.92. The van der Waals surface area contributed by atoms with Gasteiger partial charge in [-0.1, -0.05) is 298 Å². The maximum atomic E-state index is 5.76. The topological polar surface area (TPSA) is 69.4 Å². The molecule has 126 heavy (non-hydrogen) atoms. The van der Waals surface area contributed by atoms with Crippen LogP contribution in [0.3, 0.4) is 0 Å². The summed E-state index contributed by atoms with van der Waals surface area (Å²) in [5.41, 5.74) is 30.6. The molecule has 2 aliphatic carbocycles. The van der Waals surface area contributed by atoms with E-state index >= 15 is 0 Å². The Morgan fingerprint density at radius 2 is 0.730 bits per heavy atom. The van der Waals surface area contributed by atoms with Crippen LogP contribution in [0.25, 0.3) is 253 Å². The first-order valence-corrected chi connectivity index (χ1v) is 43.7. The smallest absolute Gasteiger partial charge is 0.145 e. The molecule has 0 amide bonds. The number of para-hydroxylation sites is 3. The van der Waals surface area contributed by atoms with Crippen LogP contribution in [0.5, 0.6) is 0 Å². The highest BCUT2D eigenvalue weighted by Gasteiger charge is 2.39. The van der Waals surface area contributed by atoms with Gasteiger partial charge in [-0.3, -0.25) is 9.55 Å². The summed E-state index contributed by atoms with van der Waals surface area (Å²) in [6, 6.07) is 142. The predicted octanol–water partition coefficient (Wildman–Crippen LogP) is 31.8. The number of hydrogen-bond acceptors (Lipinski definition) is 5. The largest absolute Gasteiger partial charge is 0.292 e. The van der Waals surface area contributed by atoms with Gasteiger partial charge in [0.15, 0.2) is 0 Å². The van der Waals surface area contributed by atoms with E-state index in [4.69, 9.17) is 24.9 Å². The number of hydrogen-bond donors (Lipinski definition) is 0. The molecular weight excluding hydrogens is 1530 g/mol. The quantitative estimate of drug-likeness (QED) is 0.101. The van der Waals surface area contributed by atoms with Gasteiger partial charge in [-0.25, -0.2) is 19.9 Å². The Morgan fingerprint density at radius 3 is 1.40 bits per heavy atom. The zero-order valence-corrected chi connectivity index (χ0v) is 69.2. The number of pyridine rings is 4. The molecular formula is C120H76N6. The Hall–Kier alpha value is -16.2. The molecule has 5 aromatic heterocycles. The summed E-state index contributed by atoms with van der Waals surface area (Å²) in [7, 11) is 0. The van der Waals surface area contributed by atoms with Gasteiger partial charge in [0, 0.05) is 66.5 Å². The highest BCUT2D eigenvalue weighted by molar-refractivity contribution is 6.27. The van der Waals surface area contributed by atoms with Crippen molar-refractivity contribution in [2.75, 3.05) is 0 Å². The van der Waals surface area contributed by atoms with Crippen LogP contribution in [0.2, 0.25) is 0 Å². The predicted molar refractivity (Wildman–Crippen MR) is 530 cm³/mol. The minimum Gasteiger partial charge on any atom is -0.292 e. The van der Waals surface area contributed by atoms with Crippen molar-refractivity contribution >= 4 is 146 Å². The minimum atomic E-state index is -0.175. The lowest BCUT2D eigenvalue weighted by atomic mass is 9.77. The third-order valence-electron chi connectivity index (χ3n) is 27.4. The molecule has 0 fully saturated rings. The number of allylic oxidation sites excluding steroid dienone is 4. The van der Waals surface area contributed by atoms with Gasteiger partial charge in [-0.2, -0.15) is 0 Å². The van der Waals surface area contributed by atoms with Crippen molar-refractivity contribution in [2.24, 2.45) is 0 Å². The molecule has 26 rings (SSSR count). The van der Waals surface area contributed by atoms with Gasteiger partial charge < -0.3 is 0 Å². The van der Waals surface area contributed by atoms with Gasteiger partial charge >= 0.3 is 0 Å². The van der Waals surface area contributed by atoms with E-state index in [9.17, 15) is 0 Å². The van der Waals surface area contributed by atoms with Crippen LogP contribution in [-0.2, 0) is 5.41 Å². The van der Waals surface area contributed by atoms with E-state index < -0.39 is 0 Å². The van der Waals surface area contributed by atoms with Crippen LogP contribution >= 0.6 is 0 Å². The van der Waals surface area contributed by atoms with E-state index in [1.165, 1.54) is 109 Å². The SMILES string of the molecule is CC1(C)C2=C(C=CCC2)c2cc3c(-c4ccc(-c5nc6ccccc6n5-c5ccccc5)cc4)c4ccc(-c5ccc6c(-c7ccc8ccccc8c7)c7cc(-c8ccc9cc(-c%10ccc%11c%12nc(-c%13ccccc%13)ccc%12c%12cccnc%12c%11n%10)c%10ccccc%10c9n8)ccc7c(-c7ccc8ccccc8c7)c6c5)cc4c(-c4ccc5ccccc5c4)c3cc21. The Balaban J connectivity index is 0.679. The van der Waals surface area contributed by atoms with Crippen LogP contribution < -0.4 is 0 Å². The molecule has 0 atom stereocenters. The van der Waals surface area contributed by atoms with Crippen LogP contribution in [0.15, 0.2) is 406 Å². The molecule has 2 aliphatic rings. The summed E-state index contributed by atoms with van der Waals surface area (Å²) >= 11 is 0. The second kappa shape index (κ2) is 27.9. The van der Waals surface area contributed by atoms with Crippen molar-refractivity contribution in [1.29, 1.82) is 0 Å². The van der Waals surface area contributed by atoms with E-state index in [-0.39, 0.29) is 5.41 Å². The second-order valence-electron chi connectivity index (χ2n) is 34.7. The monoisotopic (exact) mass is 1600 g/mol. The first kappa shape index (κ1) is 71.6. The van der Waals surface area contributed by atoms with Crippen LogP contribution in [0.4, 0.5) is 0 Å². The van der Waals surface area contributed by atoms with E-state index in [1.54, 1.807) is 0 Å². The van der Waals surface area contributed by atoms with Crippen molar-refractivity contribution in [3.8, 4) is 106 Å². The van der Waals surface area contributed by atoms with Gasteiger partial charge in [0.25, 0.3) is 0 Å². The highest BCUT2D eigenvalue weighted by Crippen LogP contribution is 2.56. The van der Waals surface area contributed by atoms with E-state index in [0.717, 1.165) is 173 Å². The number of imidazole rings is 1. The van der Waals surface area contributed by atoms with Crippen LogP contribution in [-0.4, -0.2) is 29.5 Å². The Morgan fingerprint density at radius 1 is 0.270 bits per heavy atom. The number of nitrogens with zero attached hydrogens (tertiary/aromatic N) is 6. The van der Waals surface area contributed by atoms with Gasteiger partial charge in [0.1, 0.15) is 5.82 Å². The number of rotatable bonds is 10. The Bertz CT molecular complexity index is 8920. The standard InChI is InChI=1S/C120H76N6/c1-120(2)104-36-18-17-33-89(104)97-69-102-103(70-105(97)120)114(85-48-41-73-24-11-14-29-79(73)64-85)100-66-81(49-53-90(100)111(102)75-42-44-76(45-43-75)119-125-109-37-19-20-38-110(109)126(119)87-30-7-4-8-31-87)80-50-54-91-99(65-80)112(83-46-39-71-22-9-12-27-77(71)62-83)92-55-51-82(67-101(92)113(91)84-47-40-72-23-10-13-28-78(72)63-84)107-58-52-86-68-98(88-32-15-16-34-93(88)115(86)122-107)108-60-57-96-116-95(94-35-21-61-121-117(94)118(96)124-108)56-59-106(123-116)74-25-5-3-6-26-74/h3-17,19-35,37-70H,18,36H2,1-2H3. The molecule has 0 bridgehead atoms. The lowest BCUT2D eigenvalue weighted by Crippen LogP contribution is -2.17. The first-order valence-electron chi connectivity index (χ1n) is 43.7. The molecule has 0 aliphatic heterocycles. The van der Waals surface area contributed by atoms with Crippen molar-refractivity contribution in [2.45, 2.75) is 32.1 Å². The minimum absolute atomic E-state index is 0.175. The van der Waals surface area contributed by atoms with Gasteiger partial charge in [-0.15, -0.1) is 0 Å². The highest BCUT2D eigenvalue weighted by atomic mass is 15.1. The molecule has 0 unspecified atom stereocenters. The van der Waals surface area contributed by atoms with Gasteiger partial charge in [-0.05, 0) is 281 Å². The molecule has 0 saturated heterocycles. The molecule has 24 aromatic rings. The zero-order chi connectivity index (χ0) is 83.0. The number of aromatic nitrogens is 6. The third kappa shape index (κ3) is 11.2. The summed E-state index contributed by atoms with van der Waals surface area (Å²) in [6.07, 6.45) is 8.75. The lowest BCUT2D eigenvalue weighted by molar-refractivity contribution is 0.608. The Kier molecular flexibility index (Phi) is 15.9. The molecule has 6 heteroatoms. The summed E-state index contributed by atoms with van der Waals surface area (Å²) in [5, 5.41) is 22.9. The average molecular weight is 1600 g/mol. The third-order valence-corrected chi connectivity index (χ3v) is 27.4. The molecule has 5 heterocycles. The molecule has 0 saturated carbocycles. The van der Waals surface area contributed by atoms with Crippen LogP contribution in [0.1, 0.15) is 37.8 Å². The fraction of sp³-hybridized carbons (Fsp3) is 0.0417. The maximum absolute atomic E-state index is 5.76. The molecule has 0 N–H and O–H groups in total. The molecule has 586 valence electrons. The van der Waals surface area contributed by atoms with Gasteiger partial charge in [0.2, 0.25) is 0 Å². The Labute approximate surface area is 726 Å². The molecule has 19 aromatic carbocycles. The summed E-state index contributed by atoms with van der Waals surface area (Å²) < 4.78 is 2.30. The maximum Gasteiger partial charge on any atom is 0.145 e. The zero-order valence-electron chi connectivity index (χ0n) is 69.2. The average Bonchev–Trinajstić information content (AvgIpc) is 1.36. The van der Waals surface area contributed by atoms with Crippen LogP contribution in [0, 0.1) is 0 Å².